The van der Waals surface area contributed by atoms with Crippen molar-refractivity contribution < 1.29 is 5.11 Å². The Morgan fingerprint density at radius 1 is 0.862 bits per heavy atom. The number of fused-ring (bicyclic) bond motifs is 1. The topological polar surface area (TPSA) is 44.3 Å². The molecule has 4 rings (SSSR count). The van der Waals surface area contributed by atoms with Gasteiger partial charge in [0, 0.05) is 44.5 Å². The zero-order valence-electron chi connectivity index (χ0n) is 15.8. The van der Waals surface area contributed by atoms with Crippen LogP contribution in [0.4, 0.5) is 11.4 Å². The predicted molar refractivity (Wildman–Crippen MR) is 124 cm³/mol. The van der Waals surface area contributed by atoms with Gasteiger partial charge < -0.3 is 15.7 Å². The van der Waals surface area contributed by atoms with E-state index in [0.717, 1.165) is 38.8 Å². The van der Waals surface area contributed by atoms with E-state index < -0.39 is 0 Å². The van der Waals surface area contributed by atoms with Gasteiger partial charge in [-0.25, -0.2) is 0 Å². The van der Waals surface area contributed by atoms with Crippen LogP contribution in [-0.4, -0.2) is 12.2 Å². The van der Waals surface area contributed by atoms with Crippen LogP contribution in [0, 0.1) is 0 Å². The molecule has 0 bridgehead atoms. The first-order valence-electron chi connectivity index (χ1n) is 9.27. The molecule has 146 valence electrons. The minimum absolute atomic E-state index is 0.261. The molecule has 0 fully saturated rings. The van der Waals surface area contributed by atoms with Crippen LogP contribution in [0.5, 0.6) is 5.75 Å². The average Bonchev–Trinajstić information content (AvgIpc) is 2.71. The van der Waals surface area contributed by atoms with Crippen LogP contribution >= 0.6 is 23.2 Å². The van der Waals surface area contributed by atoms with E-state index in [9.17, 15) is 5.11 Å². The molecular formula is C24H20Cl2N2O. The maximum atomic E-state index is 10.8. The average molecular weight is 423 g/mol. The smallest absolute Gasteiger partial charge is 0.128 e. The quantitative estimate of drug-likeness (QED) is 0.303. The fourth-order valence-corrected chi connectivity index (χ4v) is 3.77. The lowest BCUT2D eigenvalue weighted by molar-refractivity contribution is 0.468. The lowest BCUT2D eigenvalue weighted by atomic mass is 9.99. The molecule has 3 N–H and O–H groups in total. The van der Waals surface area contributed by atoms with Gasteiger partial charge in [-0.3, -0.25) is 0 Å². The molecule has 5 heteroatoms. The molecule has 0 aliphatic heterocycles. The number of rotatable bonds is 5. The van der Waals surface area contributed by atoms with Crippen molar-refractivity contribution in [1.29, 1.82) is 0 Å². The molecule has 0 aliphatic carbocycles. The van der Waals surface area contributed by atoms with Gasteiger partial charge >= 0.3 is 0 Å². The first-order chi connectivity index (χ1) is 14.0. The number of hydrogen-bond acceptors (Lipinski definition) is 3. The molecule has 0 radical (unpaired) electrons. The number of phenolic OH excluding ortho intramolecular Hbond substituents is 1. The van der Waals surface area contributed by atoms with E-state index in [1.807, 2.05) is 79.8 Å². The van der Waals surface area contributed by atoms with Crippen molar-refractivity contribution in [2.75, 3.05) is 12.4 Å². The van der Waals surface area contributed by atoms with Crippen LogP contribution in [0.3, 0.4) is 0 Å². The van der Waals surface area contributed by atoms with E-state index in [1.54, 1.807) is 0 Å². The summed E-state index contributed by atoms with van der Waals surface area (Å²) in [5.74, 6) is 0.261. The fourth-order valence-electron chi connectivity index (χ4n) is 3.46. The number of halogens is 2. The lowest BCUT2D eigenvalue weighted by Gasteiger charge is -2.16. The van der Waals surface area contributed by atoms with Gasteiger partial charge in [0.2, 0.25) is 0 Å². The summed E-state index contributed by atoms with van der Waals surface area (Å²) in [4.78, 5) is 0. The van der Waals surface area contributed by atoms with E-state index in [0.29, 0.717) is 16.6 Å². The van der Waals surface area contributed by atoms with Crippen LogP contribution in [0.25, 0.3) is 21.9 Å². The minimum Gasteiger partial charge on any atom is -0.507 e. The molecular weight excluding hydrogens is 403 g/mol. The Bertz CT molecular complexity index is 1170. The largest absolute Gasteiger partial charge is 0.507 e. The van der Waals surface area contributed by atoms with E-state index in [-0.39, 0.29) is 5.75 Å². The summed E-state index contributed by atoms with van der Waals surface area (Å²) in [5.41, 5.74) is 4.33. The highest BCUT2D eigenvalue weighted by molar-refractivity contribution is 6.31. The molecule has 0 spiro atoms. The number of aromatic hydroxyl groups is 1. The Morgan fingerprint density at radius 2 is 1.62 bits per heavy atom. The van der Waals surface area contributed by atoms with E-state index in [4.69, 9.17) is 23.2 Å². The molecule has 0 saturated heterocycles. The van der Waals surface area contributed by atoms with Gasteiger partial charge in [-0.1, -0.05) is 53.5 Å². The second kappa shape index (κ2) is 8.34. The zero-order chi connectivity index (χ0) is 20.4. The Hall–Kier alpha value is -2.72. The molecule has 0 amide bonds. The number of anilines is 2. The highest BCUT2D eigenvalue weighted by Gasteiger charge is 2.13. The van der Waals surface area contributed by atoms with Gasteiger partial charge in [0.15, 0.2) is 0 Å². The van der Waals surface area contributed by atoms with Crippen LogP contribution in [0.1, 0.15) is 5.56 Å². The van der Waals surface area contributed by atoms with Crippen molar-refractivity contribution in [2.24, 2.45) is 0 Å². The number of nitrogens with one attached hydrogen (secondary N) is 2. The molecule has 0 aromatic heterocycles. The predicted octanol–water partition coefficient (Wildman–Crippen LogP) is 6.98. The van der Waals surface area contributed by atoms with Crippen molar-refractivity contribution in [3.63, 3.8) is 0 Å². The summed E-state index contributed by atoms with van der Waals surface area (Å²) in [5, 5.41) is 21.0. The molecule has 0 heterocycles. The first kappa shape index (κ1) is 19.6. The molecule has 3 nitrogen and oxygen atoms in total. The molecule has 0 atom stereocenters. The third-order valence-electron chi connectivity index (χ3n) is 4.83. The van der Waals surface area contributed by atoms with Crippen molar-refractivity contribution in [3.05, 3.63) is 88.4 Å². The first-order valence-corrected chi connectivity index (χ1v) is 10.0. The summed E-state index contributed by atoms with van der Waals surface area (Å²) in [6, 6.07) is 23.3. The van der Waals surface area contributed by atoms with Crippen molar-refractivity contribution in [1.82, 2.24) is 5.32 Å². The van der Waals surface area contributed by atoms with Crippen LogP contribution in [0.15, 0.2) is 72.8 Å². The van der Waals surface area contributed by atoms with E-state index >= 15 is 0 Å². The van der Waals surface area contributed by atoms with Crippen LogP contribution < -0.4 is 10.6 Å². The normalized spacial score (nSPS) is 11.0. The molecule has 0 saturated carbocycles. The van der Waals surface area contributed by atoms with Gasteiger partial charge in [0.25, 0.3) is 0 Å². The SMILES string of the molecule is CNCc1cc(Nc2cccc3cc(Cl)ccc23)cc(-c2ccc(Cl)cc2)c1O. The maximum Gasteiger partial charge on any atom is 0.128 e. The third kappa shape index (κ3) is 4.18. The van der Waals surface area contributed by atoms with Gasteiger partial charge in [0.1, 0.15) is 5.75 Å². The molecule has 4 aromatic rings. The second-order valence-electron chi connectivity index (χ2n) is 6.86. The van der Waals surface area contributed by atoms with Gasteiger partial charge in [-0.2, -0.15) is 0 Å². The van der Waals surface area contributed by atoms with Crippen LogP contribution in [-0.2, 0) is 6.54 Å². The zero-order valence-corrected chi connectivity index (χ0v) is 17.4. The fraction of sp³-hybridized carbons (Fsp3) is 0.0833. The monoisotopic (exact) mass is 422 g/mol. The summed E-state index contributed by atoms with van der Waals surface area (Å²) >= 11 is 12.2. The molecule has 0 unspecified atom stereocenters. The van der Waals surface area contributed by atoms with Gasteiger partial charge in [-0.15, -0.1) is 0 Å². The summed E-state index contributed by atoms with van der Waals surface area (Å²) in [7, 11) is 1.86. The Balaban J connectivity index is 1.81. The van der Waals surface area contributed by atoms with E-state index in [2.05, 4.69) is 10.6 Å². The highest BCUT2D eigenvalue weighted by Crippen LogP contribution is 2.37. The van der Waals surface area contributed by atoms with Crippen LogP contribution in [0.2, 0.25) is 10.0 Å². The molecule has 29 heavy (non-hydrogen) atoms. The summed E-state index contributed by atoms with van der Waals surface area (Å²) in [6.45, 7) is 0.549. The second-order valence-corrected chi connectivity index (χ2v) is 7.74. The standard InChI is InChI=1S/C24H20Cl2N2O/c1-27-14-17-12-20(13-22(24(17)29)15-5-7-18(25)8-6-15)28-23-4-2-3-16-11-19(26)9-10-21(16)23/h2-13,27-29H,14H2,1H3. The number of benzene rings is 4. The van der Waals surface area contributed by atoms with Gasteiger partial charge in [0.05, 0.1) is 0 Å². The lowest BCUT2D eigenvalue weighted by Crippen LogP contribution is -2.06. The minimum atomic E-state index is 0.261. The Morgan fingerprint density at radius 3 is 2.38 bits per heavy atom. The maximum absolute atomic E-state index is 10.8. The molecule has 0 aliphatic rings. The molecule has 4 aromatic carbocycles. The third-order valence-corrected chi connectivity index (χ3v) is 5.32. The highest BCUT2D eigenvalue weighted by atomic mass is 35.5. The van der Waals surface area contributed by atoms with Gasteiger partial charge in [-0.05, 0) is 60.5 Å². The van der Waals surface area contributed by atoms with Crippen molar-refractivity contribution >= 4 is 45.3 Å². The van der Waals surface area contributed by atoms with Crippen molar-refractivity contribution in [2.45, 2.75) is 6.54 Å². The summed E-state index contributed by atoms with van der Waals surface area (Å²) < 4.78 is 0. The Labute approximate surface area is 179 Å². The Kier molecular flexibility index (Phi) is 5.63. The summed E-state index contributed by atoms with van der Waals surface area (Å²) in [6.07, 6.45) is 0. The van der Waals surface area contributed by atoms with E-state index in [1.165, 1.54) is 0 Å². The van der Waals surface area contributed by atoms with Crippen molar-refractivity contribution in [3.8, 4) is 16.9 Å². The number of phenols is 1. The number of hydrogen-bond donors (Lipinski definition) is 3.